The molecule has 1 N–H and O–H groups in total. The summed E-state index contributed by atoms with van der Waals surface area (Å²) in [5.41, 5.74) is 0.598. The molecule has 0 atom stereocenters. The highest BCUT2D eigenvalue weighted by Crippen LogP contribution is 2.27. The van der Waals surface area contributed by atoms with E-state index in [1.807, 2.05) is 12.1 Å². The number of carbonyl (C=O) groups excluding carboxylic acids is 1. The number of rotatable bonds is 8. The number of nitrogens with zero attached hydrogens (tertiary/aromatic N) is 2. The fourth-order valence-electron chi connectivity index (χ4n) is 1.65. The number of Topliss-reactive ketones (excluding diaryl/α,β-unsaturated/α-hetero) is 1. The van der Waals surface area contributed by atoms with Crippen molar-refractivity contribution in [3.63, 3.8) is 0 Å². The second-order valence-electron chi connectivity index (χ2n) is 4.21. The van der Waals surface area contributed by atoms with Crippen LogP contribution in [0.2, 0.25) is 0 Å². The quantitative estimate of drug-likeness (QED) is 0.594. The fourth-order valence-corrected chi connectivity index (χ4v) is 3.31. The molecule has 0 unspecified atom stereocenters. The van der Waals surface area contributed by atoms with Crippen molar-refractivity contribution in [3.8, 4) is 5.75 Å². The lowest BCUT2D eigenvalue weighted by atomic mass is 10.1. The molecule has 0 saturated carbocycles. The minimum atomic E-state index is 0.0238. The lowest BCUT2D eigenvalue weighted by Gasteiger charge is -2.05. The lowest BCUT2D eigenvalue weighted by Crippen LogP contribution is -2.04. The third kappa shape index (κ3) is 4.44. The standard InChI is InChI=1S/C14H17N3O2S2/c1-3-8-15-13-16-17-14(21-13)20-9-11(18)10-6-4-5-7-12(10)19-2/h4-7H,3,8-9H2,1-2H3,(H,15,16). The van der Waals surface area contributed by atoms with Gasteiger partial charge < -0.3 is 10.1 Å². The summed E-state index contributed by atoms with van der Waals surface area (Å²) in [6.45, 7) is 2.97. The van der Waals surface area contributed by atoms with Gasteiger partial charge in [-0.3, -0.25) is 4.79 Å². The Morgan fingerprint density at radius 3 is 2.95 bits per heavy atom. The van der Waals surface area contributed by atoms with Gasteiger partial charge in [0, 0.05) is 6.54 Å². The Labute approximate surface area is 132 Å². The number of anilines is 1. The van der Waals surface area contributed by atoms with E-state index in [0.29, 0.717) is 17.1 Å². The van der Waals surface area contributed by atoms with Crippen LogP contribution in [0.1, 0.15) is 23.7 Å². The normalized spacial score (nSPS) is 10.4. The Bertz CT molecular complexity index is 601. The van der Waals surface area contributed by atoms with Crippen LogP contribution in [0.4, 0.5) is 5.13 Å². The number of hydrogen-bond donors (Lipinski definition) is 1. The summed E-state index contributed by atoms with van der Waals surface area (Å²) < 4.78 is 5.99. The Morgan fingerprint density at radius 1 is 1.38 bits per heavy atom. The molecule has 0 saturated heterocycles. The summed E-state index contributed by atoms with van der Waals surface area (Å²) in [6, 6.07) is 7.24. The average Bonchev–Trinajstić information content (AvgIpc) is 2.98. The van der Waals surface area contributed by atoms with Crippen LogP contribution in [0.15, 0.2) is 28.6 Å². The number of thioether (sulfide) groups is 1. The van der Waals surface area contributed by atoms with Crippen LogP contribution < -0.4 is 10.1 Å². The Kier molecular flexibility index (Phi) is 6.01. The minimum absolute atomic E-state index is 0.0238. The van der Waals surface area contributed by atoms with Gasteiger partial charge in [-0.15, -0.1) is 10.2 Å². The van der Waals surface area contributed by atoms with Crippen LogP contribution in [-0.4, -0.2) is 35.4 Å². The molecule has 0 fully saturated rings. The molecule has 1 aromatic heterocycles. The summed E-state index contributed by atoms with van der Waals surface area (Å²) in [6.07, 6.45) is 1.04. The molecule has 0 radical (unpaired) electrons. The Hall–Kier alpha value is -1.60. The lowest BCUT2D eigenvalue weighted by molar-refractivity contribution is 0.101. The smallest absolute Gasteiger partial charge is 0.206 e. The molecule has 2 aromatic rings. The molecule has 0 amide bonds. The highest BCUT2D eigenvalue weighted by atomic mass is 32.2. The van der Waals surface area contributed by atoms with Gasteiger partial charge in [0.2, 0.25) is 5.13 Å². The predicted molar refractivity (Wildman–Crippen MR) is 86.7 cm³/mol. The Morgan fingerprint density at radius 2 is 2.19 bits per heavy atom. The monoisotopic (exact) mass is 323 g/mol. The molecular weight excluding hydrogens is 306 g/mol. The van der Waals surface area contributed by atoms with Crippen LogP contribution >= 0.6 is 23.1 Å². The molecule has 0 spiro atoms. The van der Waals surface area contributed by atoms with E-state index in [-0.39, 0.29) is 5.78 Å². The molecule has 2 rings (SSSR count). The third-order valence-electron chi connectivity index (χ3n) is 2.67. The zero-order chi connectivity index (χ0) is 15.1. The first-order valence-corrected chi connectivity index (χ1v) is 8.41. The molecule has 7 heteroatoms. The molecule has 1 heterocycles. The zero-order valence-corrected chi connectivity index (χ0v) is 13.6. The second-order valence-corrected chi connectivity index (χ2v) is 6.41. The second kappa shape index (κ2) is 7.99. The van der Waals surface area contributed by atoms with Gasteiger partial charge in [-0.1, -0.05) is 42.2 Å². The predicted octanol–water partition coefficient (Wildman–Crippen LogP) is 3.34. The molecule has 5 nitrogen and oxygen atoms in total. The first-order valence-electron chi connectivity index (χ1n) is 6.61. The number of nitrogens with one attached hydrogen (secondary N) is 1. The van der Waals surface area contributed by atoms with Gasteiger partial charge in [-0.25, -0.2) is 0 Å². The molecule has 112 valence electrons. The number of ketones is 1. The number of ether oxygens (including phenoxy) is 1. The maximum absolute atomic E-state index is 12.2. The summed E-state index contributed by atoms with van der Waals surface area (Å²) in [5, 5.41) is 12.1. The highest BCUT2D eigenvalue weighted by Gasteiger charge is 2.13. The van der Waals surface area contributed by atoms with E-state index in [1.54, 1.807) is 19.2 Å². The number of para-hydroxylation sites is 1. The molecule has 0 bridgehead atoms. The molecular formula is C14H17N3O2S2. The van der Waals surface area contributed by atoms with Gasteiger partial charge in [-0.05, 0) is 18.6 Å². The summed E-state index contributed by atoms with van der Waals surface area (Å²) >= 11 is 2.86. The van der Waals surface area contributed by atoms with Crippen molar-refractivity contribution in [1.29, 1.82) is 0 Å². The number of benzene rings is 1. The highest BCUT2D eigenvalue weighted by molar-refractivity contribution is 8.01. The number of hydrogen-bond acceptors (Lipinski definition) is 7. The summed E-state index contributed by atoms with van der Waals surface area (Å²) in [7, 11) is 1.57. The van der Waals surface area contributed by atoms with Crippen molar-refractivity contribution < 1.29 is 9.53 Å². The van der Waals surface area contributed by atoms with Crippen molar-refractivity contribution in [1.82, 2.24) is 10.2 Å². The fraction of sp³-hybridized carbons (Fsp3) is 0.357. The van der Waals surface area contributed by atoms with Crippen molar-refractivity contribution in [3.05, 3.63) is 29.8 Å². The van der Waals surface area contributed by atoms with Gasteiger partial charge in [-0.2, -0.15) is 0 Å². The topological polar surface area (TPSA) is 64.1 Å². The number of methoxy groups -OCH3 is 1. The van der Waals surface area contributed by atoms with E-state index in [2.05, 4.69) is 22.4 Å². The van der Waals surface area contributed by atoms with Gasteiger partial charge in [0.25, 0.3) is 0 Å². The number of aromatic nitrogens is 2. The van der Waals surface area contributed by atoms with Gasteiger partial charge in [0.1, 0.15) is 5.75 Å². The van der Waals surface area contributed by atoms with E-state index < -0.39 is 0 Å². The van der Waals surface area contributed by atoms with E-state index >= 15 is 0 Å². The van der Waals surface area contributed by atoms with Crippen LogP contribution in [0.3, 0.4) is 0 Å². The van der Waals surface area contributed by atoms with Gasteiger partial charge >= 0.3 is 0 Å². The van der Waals surface area contributed by atoms with Crippen LogP contribution in [0, 0.1) is 0 Å². The first-order chi connectivity index (χ1) is 10.2. The molecule has 0 aliphatic rings. The minimum Gasteiger partial charge on any atom is -0.496 e. The summed E-state index contributed by atoms with van der Waals surface area (Å²) in [5.74, 6) is 0.948. The van der Waals surface area contributed by atoms with E-state index in [0.717, 1.165) is 22.4 Å². The molecule has 1 aromatic carbocycles. The largest absolute Gasteiger partial charge is 0.496 e. The van der Waals surface area contributed by atoms with Gasteiger partial charge in [0.05, 0.1) is 18.4 Å². The van der Waals surface area contributed by atoms with Crippen molar-refractivity contribution in [2.75, 3.05) is 24.7 Å². The third-order valence-corrected chi connectivity index (χ3v) is 4.68. The van der Waals surface area contributed by atoms with E-state index in [4.69, 9.17) is 4.74 Å². The summed E-state index contributed by atoms with van der Waals surface area (Å²) in [4.78, 5) is 12.2. The van der Waals surface area contributed by atoms with Crippen molar-refractivity contribution in [2.45, 2.75) is 17.7 Å². The maximum atomic E-state index is 12.2. The number of carbonyl (C=O) groups is 1. The van der Waals surface area contributed by atoms with Crippen molar-refractivity contribution >= 4 is 34.0 Å². The SMILES string of the molecule is CCCNc1nnc(SCC(=O)c2ccccc2OC)s1. The van der Waals surface area contributed by atoms with Crippen LogP contribution in [0.25, 0.3) is 0 Å². The average molecular weight is 323 g/mol. The molecule has 21 heavy (non-hydrogen) atoms. The van der Waals surface area contributed by atoms with Crippen LogP contribution in [-0.2, 0) is 0 Å². The van der Waals surface area contributed by atoms with E-state index in [9.17, 15) is 4.79 Å². The van der Waals surface area contributed by atoms with Crippen LogP contribution in [0.5, 0.6) is 5.75 Å². The first kappa shape index (κ1) is 15.8. The van der Waals surface area contributed by atoms with E-state index in [1.165, 1.54) is 23.1 Å². The van der Waals surface area contributed by atoms with Gasteiger partial charge in [0.15, 0.2) is 10.1 Å². The zero-order valence-electron chi connectivity index (χ0n) is 12.0. The maximum Gasteiger partial charge on any atom is 0.206 e. The Balaban J connectivity index is 1.93. The molecule has 0 aliphatic carbocycles. The van der Waals surface area contributed by atoms with Crippen molar-refractivity contribution in [2.24, 2.45) is 0 Å². The molecule has 0 aliphatic heterocycles.